The van der Waals surface area contributed by atoms with E-state index in [4.69, 9.17) is 4.74 Å². The van der Waals surface area contributed by atoms with E-state index >= 15 is 0 Å². The first kappa shape index (κ1) is 20.7. The summed E-state index contributed by atoms with van der Waals surface area (Å²) in [6, 6.07) is 4.11. The van der Waals surface area contributed by atoms with Gasteiger partial charge in [-0.2, -0.15) is 9.78 Å². The second-order valence-electron chi connectivity index (χ2n) is 8.87. The fraction of sp³-hybridized carbons (Fsp3) is 0.571. The summed E-state index contributed by atoms with van der Waals surface area (Å²) < 4.78 is 6.57. The number of nitrogens with zero attached hydrogens (tertiary/aromatic N) is 7. The van der Waals surface area contributed by atoms with Crippen molar-refractivity contribution in [1.29, 1.82) is 0 Å². The van der Waals surface area contributed by atoms with Crippen LogP contribution in [0, 0.1) is 5.41 Å². The number of tetrazole rings is 1. The number of hydrogen-bond acceptors (Lipinski definition) is 9. The molecule has 1 saturated carbocycles. The summed E-state index contributed by atoms with van der Waals surface area (Å²) in [5.74, 6) is 0.403. The smallest absolute Gasteiger partial charge is 0.336 e. The lowest BCUT2D eigenvalue weighted by atomic mass is 9.71. The number of carbonyl (C=O) groups is 2. The SMILES string of the molecule is CC1=C(N2CCC3(CCC(N[C@H](C)c4ccc(-n5cnnn5)nn4)CC3)C2=O)COC1=O. The minimum absolute atomic E-state index is 0.0368. The molecule has 1 aliphatic carbocycles. The van der Waals surface area contributed by atoms with E-state index in [1.165, 1.54) is 11.0 Å². The predicted molar refractivity (Wildman–Crippen MR) is 111 cm³/mol. The molecule has 1 spiro atoms. The van der Waals surface area contributed by atoms with Crippen molar-refractivity contribution in [1.82, 2.24) is 40.6 Å². The third-order valence-electron chi connectivity index (χ3n) is 7.04. The van der Waals surface area contributed by atoms with E-state index in [1.807, 2.05) is 12.1 Å². The van der Waals surface area contributed by atoms with Gasteiger partial charge in [0, 0.05) is 18.6 Å². The summed E-state index contributed by atoms with van der Waals surface area (Å²) in [6.07, 6.45) is 5.85. The zero-order valence-corrected chi connectivity index (χ0v) is 18.2. The third kappa shape index (κ3) is 3.56. The summed E-state index contributed by atoms with van der Waals surface area (Å²) in [6.45, 7) is 4.69. The molecule has 2 fully saturated rings. The maximum atomic E-state index is 13.3. The molecule has 5 rings (SSSR count). The summed E-state index contributed by atoms with van der Waals surface area (Å²) in [4.78, 5) is 26.8. The van der Waals surface area contributed by atoms with Crippen molar-refractivity contribution in [2.45, 2.75) is 58.0 Å². The lowest BCUT2D eigenvalue weighted by Gasteiger charge is -2.37. The number of cyclic esters (lactones) is 1. The number of amides is 1. The minimum Gasteiger partial charge on any atom is -0.456 e. The number of esters is 1. The number of nitrogens with one attached hydrogen (secondary N) is 1. The van der Waals surface area contributed by atoms with Crippen molar-refractivity contribution in [3.63, 3.8) is 0 Å². The normalized spacial score (nSPS) is 26.8. The molecular weight excluding hydrogens is 412 g/mol. The van der Waals surface area contributed by atoms with Crippen LogP contribution in [0.15, 0.2) is 29.7 Å². The molecule has 0 unspecified atom stereocenters. The van der Waals surface area contributed by atoms with E-state index in [0.29, 0.717) is 24.0 Å². The summed E-state index contributed by atoms with van der Waals surface area (Å²) in [5.41, 5.74) is 1.84. The number of aromatic nitrogens is 6. The molecule has 0 radical (unpaired) electrons. The van der Waals surface area contributed by atoms with Crippen LogP contribution in [-0.2, 0) is 14.3 Å². The van der Waals surface area contributed by atoms with Crippen molar-refractivity contribution in [3.8, 4) is 5.82 Å². The van der Waals surface area contributed by atoms with Gasteiger partial charge in [-0.1, -0.05) is 0 Å². The topological polar surface area (TPSA) is 128 Å². The number of hydrogen-bond donors (Lipinski definition) is 1. The van der Waals surface area contributed by atoms with Gasteiger partial charge in [0.05, 0.1) is 22.4 Å². The first-order valence-corrected chi connectivity index (χ1v) is 11.0. The third-order valence-corrected chi connectivity index (χ3v) is 7.04. The average molecular weight is 438 g/mol. The molecule has 2 aliphatic heterocycles. The molecule has 11 nitrogen and oxygen atoms in total. The van der Waals surface area contributed by atoms with E-state index < -0.39 is 0 Å². The molecule has 1 atom stereocenters. The Hall–Kier alpha value is -3.21. The van der Waals surface area contributed by atoms with Crippen molar-refractivity contribution in [2.75, 3.05) is 13.2 Å². The zero-order chi connectivity index (χ0) is 22.3. The van der Waals surface area contributed by atoms with Gasteiger partial charge in [0.15, 0.2) is 5.82 Å². The Kier molecular flexibility index (Phi) is 5.20. The fourth-order valence-electron chi connectivity index (χ4n) is 5.02. The Bertz CT molecular complexity index is 1040. The molecular formula is C21H26N8O3. The van der Waals surface area contributed by atoms with Gasteiger partial charge in [-0.25, -0.2) is 4.79 Å². The number of carbonyl (C=O) groups excluding carboxylic acids is 2. The second-order valence-corrected chi connectivity index (χ2v) is 8.87. The van der Waals surface area contributed by atoms with Gasteiger partial charge in [0.25, 0.3) is 0 Å². The fourth-order valence-corrected chi connectivity index (χ4v) is 5.02. The lowest BCUT2D eigenvalue weighted by Crippen LogP contribution is -2.42. The second kappa shape index (κ2) is 8.05. The Balaban J connectivity index is 1.18. The monoisotopic (exact) mass is 438 g/mol. The molecule has 4 heterocycles. The van der Waals surface area contributed by atoms with Crippen LogP contribution < -0.4 is 5.32 Å². The van der Waals surface area contributed by atoms with E-state index in [2.05, 4.69) is 38.0 Å². The van der Waals surface area contributed by atoms with E-state index in [-0.39, 0.29) is 29.9 Å². The molecule has 168 valence electrons. The van der Waals surface area contributed by atoms with Crippen LogP contribution in [-0.4, -0.2) is 66.4 Å². The van der Waals surface area contributed by atoms with Crippen LogP contribution >= 0.6 is 0 Å². The van der Waals surface area contributed by atoms with E-state index in [1.54, 1.807) is 11.8 Å². The average Bonchev–Trinajstić information content (AvgIpc) is 3.53. The molecule has 1 saturated heterocycles. The Morgan fingerprint density at radius 2 is 2.00 bits per heavy atom. The molecule has 2 aromatic rings. The van der Waals surface area contributed by atoms with Crippen LogP contribution in [0.4, 0.5) is 0 Å². The predicted octanol–water partition coefficient (Wildman–Crippen LogP) is 1.09. The summed E-state index contributed by atoms with van der Waals surface area (Å²) >= 11 is 0. The highest BCUT2D eigenvalue weighted by atomic mass is 16.5. The van der Waals surface area contributed by atoms with Crippen LogP contribution in [0.2, 0.25) is 0 Å². The van der Waals surface area contributed by atoms with Gasteiger partial charge in [-0.05, 0) is 68.5 Å². The molecule has 0 bridgehead atoms. The Labute approximate surface area is 185 Å². The van der Waals surface area contributed by atoms with Crippen molar-refractivity contribution in [2.24, 2.45) is 5.41 Å². The first-order valence-electron chi connectivity index (χ1n) is 11.0. The van der Waals surface area contributed by atoms with Crippen molar-refractivity contribution < 1.29 is 14.3 Å². The molecule has 2 aromatic heterocycles. The molecule has 32 heavy (non-hydrogen) atoms. The molecule has 1 amide bonds. The largest absolute Gasteiger partial charge is 0.456 e. The Morgan fingerprint density at radius 3 is 2.62 bits per heavy atom. The Morgan fingerprint density at radius 1 is 1.19 bits per heavy atom. The molecule has 3 aliphatic rings. The van der Waals surface area contributed by atoms with Gasteiger partial charge >= 0.3 is 5.97 Å². The van der Waals surface area contributed by atoms with Crippen LogP contribution in [0.1, 0.15) is 57.7 Å². The highest BCUT2D eigenvalue weighted by Gasteiger charge is 2.50. The summed E-state index contributed by atoms with van der Waals surface area (Å²) in [7, 11) is 0. The maximum Gasteiger partial charge on any atom is 0.336 e. The quantitative estimate of drug-likeness (QED) is 0.682. The number of rotatable bonds is 5. The maximum absolute atomic E-state index is 13.3. The zero-order valence-electron chi connectivity index (χ0n) is 18.2. The van der Waals surface area contributed by atoms with Gasteiger partial charge in [0.1, 0.15) is 12.9 Å². The highest BCUT2D eigenvalue weighted by molar-refractivity contribution is 5.94. The first-order chi connectivity index (χ1) is 15.5. The standard InChI is InChI=1S/C21H26N8O3/c1-13-17(11-32-19(13)30)28-10-9-21(20(28)31)7-5-15(6-8-21)23-14(2)16-3-4-18(25-24-16)29-12-22-26-27-29/h3-4,12,14-15,23H,5-11H2,1-2H3/t14-,15?,21?/m1/s1. The van der Waals surface area contributed by atoms with Gasteiger partial charge in [-0.3, -0.25) is 4.79 Å². The number of likely N-dealkylation sites (tertiary alicyclic amines) is 1. The van der Waals surface area contributed by atoms with E-state index in [0.717, 1.165) is 43.5 Å². The van der Waals surface area contributed by atoms with Crippen LogP contribution in [0.25, 0.3) is 5.82 Å². The molecule has 1 N–H and O–H groups in total. The lowest BCUT2D eigenvalue weighted by molar-refractivity contribution is -0.138. The van der Waals surface area contributed by atoms with Gasteiger partial charge in [0.2, 0.25) is 5.91 Å². The van der Waals surface area contributed by atoms with E-state index in [9.17, 15) is 9.59 Å². The van der Waals surface area contributed by atoms with Crippen molar-refractivity contribution in [3.05, 3.63) is 35.4 Å². The van der Waals surface area contributed by atoms with Crippen molar-refractivity contribution >= 4 is 11.9 Å². The highest BCUT2D eigenvalue weighted by Crippen LogP contribution is 2.46. The minimum atomic E-state index is -0.315. The van der Waals surface area contributed by atoms with Gasteiger partial charge in [-0.15, -0.1) is 10.2 Å². The number of ether oxygens (including phenoxy) is 1. The summed E-state index contributed by atoms with van der Waals surface area (Å²) in [5, 5.41) is 23.2. The molecule has 0 aromatic carbocycles. The van der Waals surface area contributed by atoms with Crippen LogP contribution in [0.3, 0.4) is 0 Å². The van der Waals surface area contributed by atoms with Gasteiger partial charge < -0.3 is 15.0 Å². The van der Waals surface area contributed by atoms with Crippen LogP contribution in [0.5, 0.6) is 0 Å². The molecule has 11 heteroatoms.